The molecule has 0 aliphatic carbocycles. The Hall–Kier alpha value is -1.25. The van der Waals surface area contributed by atoms with Crippen LogP contribution >= 0.6 is 0 Å². The van der Waals surface area contributed by atoms with E-state index in [0.29, 0.717) is 0 Å². The van der Waals surface area contributed by atoms with Crippen molar-refractivity contribution in [2.75, 3.05) is 30.4 Å². The van der Waals surface area contributed by atoms with E-state index in [2.05, 4.69) is 4.90 Å². The summed E-state index contributed by atoms with van der Waals surface area (Å²) in [5, 5.41) is 0. The molecular weight excluding hydrogens is 191 g/mol. The van der Waals surface area contributed by atoms with Crippen LogP contribution in [0.2, 0.25) is 0 Å². The molecule has 15 heavy (non-hydrogen) atoms. The average Bonchev–Trinajstić information content (AvgIpc) is 2.30. The molecule has 1 heterocycles. The first-order valence-electron chi connectivity index (χ1n) is 5.46. The molecule has 0 saturated carbocycles. The minimum absolute atomic E-state index is 0.179. The molecule has 0 amide bonds. The predicted molar refractivity (Wildman–Crippen MR) is 61.8 cm³/mol. The molecule has 0 aromatic heterocycles. The van der Waals surface area contributed by atoms with Crippen LogP contribution in [0.25, 0.3) is 0 Å². The number of anilines is 2. The lowest BCUT2D eigenvalue weighted by molar-refractivity contribution is 0.316. The van der Waals surface area contributed by atoms with E-state index in [1.54, 1.807) is 0 Å². The number of benzene rings is 1. The highest BCUT2D eigenvalue weighted by molar-refractivity contribution is 5.67. The molecular formula is C12H17FN2. The number of piperidine rings is 1. The summed E-state index contributed by atoms with van der Waals surface area (Å²) in [5.74, 6) is 0.179. The largest absolute Gasteiger partial charge is 0.397 e. The molecule has 1 aliphatic rings. The average molecular weight is 208 g/mol. The normalized spacial score (nSPS) is 21.7. The molecule has 2 rings (SSSR count). The summed E-state index contributed by atoms with van der Waals surface area (Å²) in [4.78, 5) is 2.20. The highest BCUT2D eigenvalue weighted by Crippen LogP contribution is 2.27. The van der Waals surface area contributed by atoms with Gasteiger partial charge in [0.15, 0.2) is 0 Å². The molecule has 1 fully saturated rings. The number of halogens is 1. The van der Waals surface area contributed by atoms with Crippen molar-refractivity contribution < 1.29 is 4.39 Å². The van der Waals surface area contributed by atoms with E-state index in [1.807, 2.05) is 24.3 Å². The lowest BCUT2D eigenvalue weighted by Gasteiger charge is -2.33. The monoisotopic (exact) mass is 208 g/mol. The SMILES string of the molecule is Nc1ccccc1N1CCC[C@@H](CF)C1. The molecule has 1 saturated heterocycles. The van der Waals surface area contributed by atoms with Gasteiger partial charge in [0.05, 0.1) is 18.0 Å². The van der Waals surface area contributed by atoms with Gasteiger partial charge in [0.25, 0.3) is 0 Å². The van der Waals surface area contributed by atoms with Crippen LogP contribution in [0, 0.1) is 5.92 Å². The fourth-order valence-electron chi connectivity index (χ4n) is 2.19. The standard InChI is InChI=1S/C12H17FN2/c13-8-10-4-3-7-15(9-10)12-6-2-1-5-11(12)14/h1-2,5-6,10H,3-4,7-9,14H2/t10-/m0/s1. The molecule has 0 radical (unpaired) electrons. The first kappa shape index (κ1) is 10.3. The van der Waals surface area contributed by atoms with E-state index >= 15 is 0 Å². The number of rotatable bonds is 2. The van der Waals surface area contributed by atoms with Crippen molar-refractivity contribution in [2.45, 2.75) is 12.8 Å². The lowest BCUT2D eigenvalue weighted by Crippen LogP contribution is -2.36. The van der Waals surface area contributed by atoms with E-state index in [0.717, 1.165) is 37.3 Å². The maximum Gasteiger partial charge on any atom is 0.0939 e. The molecule has 82 valence electrons. The Morgan fingerprint density at radius 1 is 1.40 bits per heavy atom. The number of nitrogens with zero attached hydrogens (tertiary/aromatic N) is 1. The summed E-state index contributed by atoms with van der Waals surface area (Å²) in [6, 6.07) is 7.81. The van der Waals surface area contributed by atoms with Gasteiger partial charge in [-0.1, -0.05) is 12.1 Å². The Bertz CT molecular complexity index is 327. The van der Waals surface area contributed by atoms with Crippen molar-refractivity contribution in [1.82, 2.24) is 0 Å². The number of nitrogens with two attached hydrogens (primary N) is 1. The fourth-order valence-corrected chi connectivity index (χ4v) is 2.19. The molecule has 1 aromatic carbocycles. The van der Waals surface area contributed by atoms with Crippen LogP contribution in [0.5, 0.6) is 0 Å². The van der Waals surface area contributed by atoms with Crippen molar-refractivity contribution >= 4 is 11.4 Å². The summed E-state index contributed by atoms with van der Waals surface area (Å²) >= 11 is 0. The molecule has 0 spiro atoms. The zero-order valence-electron chi connectivity index (χ0n) is 8.82. The van der Waals surface area contributed by atoms with Crippen LogP contribution < -0.4 is 10.6 Å². The van der Waals surface area contributed by atoms with Gasteiger partial charge in [-0.25, -0.2) is 0 Å². The van der Waals surface area contributed by atoms with Gasteiger partial charge in [0.1, 0.15) is 0 Å². The number of nitrogen functional groups attached to an aromatic ring is 1. The third kappa shape index (κ3) is 2.22. The van der Waals surface area contributed by atoms with Gasteiger partial charge in [-0.3, -0.25) is 4.39 Å². The lowest BCUT2D eigenvalue weighted by atomic mass is 9.99. The van der Waals surface area contributed by atoms with Crippen LogP contribution in [-0.2, 0) is 0 Å². The van der Waals surface area contributed by atoms with Gasteiger partial charge in [-0.05, 0) is 25.0 Å². The quantitative estimate of drug-likeness (QED) is 0.756. The first-order chi connectivity index (χ1) is 7.31. The number of para-hydroxylation sites is 2. The van der Waals surface area contributed by atoms with Crippen LogP contribution in [0.1, 0.15) is 12.8 Å². The predicted octanol–water partition coefficient (Wildman–Crippen LogP) is 2.45. The molecule has 2 nitrogen and oxygen atoms in total. The van der Waals surface area contributed by atoms with Gasteiger partial charge in [-0.2, -0.15) is 0 Å². The van der Waals surface area contributed by atoms with Crippen LogP contribution in [-0.4, -0.2) is 19.8 Å². The third-order valence-corrected chi connectivity index (χ3v) is 3.01. The fraction of sp³-hybridized carbons (Fsp3) is 0.500. The summed E-state index contributed by atoms with van der Waals surface area (Å²) in [5.41, 5.74) is 7.74. The summed E-state index contributed by atoms with van der Waals surface area (Å²) < 4.78 is 12.6. The summed E-state index contributed by atoms with van der Waals surface area (Å²) in [6.07, 6.45) is 2.06. The van der Waals surface area contributed by atoms with Crippen molar-refractivity contribution in [3.63, 3.8) is 0 Å². The van der Waals surface area contributed by atoms with E-state index in [-0.39, 0.29) is 12.6 Å². The zero-order chi connectivity index (χ0) is 10.7. The zero-order valence-corrected chi connectivity index (χ0v) is 8.82. The minimum Gasteiger partial charge on any atom is -0.397 e. The van der Waals surface area contributed by atoms with E-state index < -0.39 is 0 Å². The highest BCUT2D eigenvalue weighted by Gasteiger charge is 2.20. The first-order valence-corrected chi connectivity index (χ1v) is 5.46. The van der Waals surface area contributed by atoms with E-state index in [4.69, 9.17) is 5.73 Å². The van der Waals surface area contributed by atoms with Crippen LogP contribution in [0.4, 0.5) is 15.8 Å². The van der Waals surface area contributed by atoms with E-state index in [1.165, 1.54) is 0 Å². The molecule has 2 N–H and O–H groups in total. The van der Waals surface area contributed by atoms with Crippen molar-refractivity contribution in [3.8, 4) is 0 Å². The Balaban J connectivity index is 2.13. The minimum atomic E-state index is -0.219. The van der Waals surface area contributed by atoms with Gasteiger partial charge in [-0.15, -0.1) is 0 Å². The molecule has 1 aromatic rings. The molecule has 0 unspecified atom stereocenters. The van der Waals surface area contributed by atoms with Gasteiger partial charge in [0, 0.05) is 19.0 Å². The Morgan fingerprint density at radius 2 is 2.20 bits per heavy atom. The van der Waals surface area contributed by atoms with E-state index in [9.17, 15) is 4.39 Å². The topological polar surface area (TPSA) is 29.3 Å². The Kier molecular flexibility index (Phi) is 3.09. The maximum absolute atomic E-state index is 12.6. The summed E-state index contributed by atoms with van der Waals surface area (Å²) in [6.45, 7) is 1.57. The van der Waals surface area contributed by atoms with Gasteiger partial charge >= 0.3 is 0 Å². The van der Waals surface area contributed by atoms with Gasteiger partial charge in [0.2, 0.25) is 0 Å². The molecule has 0 bridgehead atoms. The van der Waals surface area contributed by atoms with Crippen molar-refractivity contribution in [3.05, 3.63) is 24.3 Å². The third-order valence-electron chi connectivity index (χ3n) is 3.01. The maximum atomic E-state index is 12.6. The molecule has 1 aliphatic heterocycles. The Morgan fingerprint density at radius 3 is 2.93 bits per heavy atom. The van der Waals surface area contributed by atoms with Crippen molar-refractivity contribution in [1.29, 1.82) is 0 Å². The molecule has 1 atom stereocenters. The highest BCUT2D eigenvalue weighted by atomic mass is 19.1. The summed E-state index contributed by atoms with van der Waals surface area (Å²) in [7, 11) is 0. The number of hydrogen-bond donors (Lipinski definition) is 1. The second-order valence-corrected chi connectivity index (χ2v) is 4.17. The number of hydrogen-bond acceptors (Lipinski definition) is 2. The second kappa shape index (κ2) is 4.51. The Labute approximate surface area is 89.9 Å². The van der Waals surface area contributed by atoms with Gasteiger partial charge < -0.3 is 10.6 Å². The van der Waals surface area contributed by atoms with Crippen molar-refractivity contribution in [2.24, 2.45) is 5.92 Å². The second-order valence-electron chi connectivity index (χ2n) is 4.17. The smallest absolute Gasteiger partial charge is 0.0939 e. The van der Waals surface area contributed by atoms with Crippen LogP contribution in [0.3, 0.4) is 0 Å². The molecule has 3 heteroatoms. The number of alkyl halides is 1. The van der Waals surface area contributed by atoms with Crippen LogP contribution in [0.15, 0.2) is 24.3 Å².